The first-order chi connectivity index (χ1) is 12.9. The number of hydrogen-bond acceptors (Lipinski definition) is 6. The zero-order chi connectivity index (χ0) is 19.8. The van der Waals surface area contributed by atoms with Crippen LogP contribution in [0.2, 0.25) is 0 Å². The summed E-state index contributed by atoms with van der Waals surface area (Å²) < 4.78 is 34.8. The van der Waals surface area contributed by atoms with Crippen molar-refractivity contribution in [3.63, 3.8) is 0 Å². The van der Waals surface area contributed by atoms with E-state index in [-0.39, 0.29) is 6.42 Å². The summed E-state index contributed by atoms with van der Waals surface area (Å²) in [5, 5.41) is 14.8. The molecule has 2 aromatic rings. The van der Waals surface area contributed by atoms with Crippen LogP contribution in [0.15, 0.2) is 28.8 Å². The fourth-order valence-corrected chi connectivity index (χ4v) is 2.28. The number of aliphatic carboxylic acids is 1. The zero-order valence-corrected chi connectivity index (χ0v) is 14.5. The van der Waals surface area contributed by atoms with Crippen LogP contribution in [0.5, 0.6) is 5.75 Å². The van der Waals surface area contributed by atoms with E-state index in [1.165, 1.54) is 0 Å². The van der Waals surface area contributed by atoms with Crippen molar-refractivity contribution < 1.29 is 32.7 Å². The Morgan fingerprint density at radius 3 is 2.59 bits per heavy atom. The summed E-state index contributed by atoms with van der Waals surface area (Å²) in [6, 6.07) is 5.45. The second-order valence-corrected chi connectivity index (χ2v) is 5.68. The van der Waals surface area contributed by atoms with Gasteiger partial charge in [-0.2, -0.15) is 4.98 Å². The number of halogens is 2. The maximum atomic E-state index is 12.3. The average Bonchev–Trinajstić information content (AvgIpc) is 3.09. The minimum Gasteiger partial charge on any atom is -0.497 e. The summed E-state index contributed by atoms with van der Waals surface area (Å²) in [7, 11) is 1.56. The Kier molecular flexibility index (Phi) is 7.21. The molecule has 1 unspecified atom stereocenters. The highest BCUT2D eigenvalue weighted by atomic mass is 19.3. The van der Waals surface area contributed by atoms with Crippen LogP contribution in [0, 0.1) is 0 Å². The third-order valence-electron chi connectivity index (χ3n) is 3.66. The minimum atomic E-state index is -2.82. The third-order valence-corrected chi connectivity index (χ3v) is 3.66. The molecule has 2 N–H and O–H groups in total. The molecule has 0 bridgehead atoms. The molecule has 1 aromatic carbocycles. The quantitative estimate of drug-likeness (QED) is 0.647. The van der Waals surface area contributed by atoms with Gasteiger partial charge in [-0.05, 0) is 30.7 Å². The highest BCUT2D eigenvalue weighted by Crippen LogP contribution is 2.20. The number of carbonyl (C=O) groups is 2. The molecule has 1 atom stereocenters. The largest absolute Gasteiger partial charge is 0.497 e. The molecule has 0 saturated carbocycles. The van der Waals surface area contributed by atoms with Crippen LogP contribution < -0.4 is 10.1 Å². The fraction of sp³-hybridized carbons (Fsp3) is 0.412. The van der Waals surface area contributed by atoms with Gasteiger partial charge in [-0.1, -0.05) is 5.16 Å². The fourth-order valence-electron chi connectivity index (χ4n) is 2.28. The van der Waals surface area contributed by atoms with Crippen molar-refractivity contribution in [1.29, 1.82) is 0 Å². The monoisotopic (exact) mass is 383 g/mol. The molecule has 8 nitrogen and oxygen atoms in total. The van der Waals surface area contributed by atoms with Crippen LogP contribution in [-0.4, -0.2) is 46.7 Å². The van der Waals surface area contributed by atoms with Crippen LogP contribution in [0.25, 0.3) is 11.4 Å². The van der Waals surface area contributed by atoms with E-state index in [0.29, 0.717) is 30.3 Å². The lowest BCUT2D eigenvalue weighted by Gasteiger charge is -2.13. The number of hydrogen-bond donors (Lipinski definition) is 2. The summed E-state index contributed by atoms with van der Waals surface area (Å²) in [6.45, 7) is 0. The molecule has 0 fully saturated rings. The lowest BCUT2D eigenvalue weighted by molar-refractivity contribution is -0.143. The van der Waals surface area contributed by atoms with Crippen LogP contribution in [0.1, 0.15) is 25.2 Å². The SMILES string of the molecule is COc1ccc(-c2noc(CCCC(=O)NC(CC(F)F)C(=O)O)n2)cc1. The van der Waals surface area contributed by atoms with E-state index in [1.54, 1.807) is 31.4 Å². The number of rotatable bonds is 10. The van der Waals surface area contributed by atoms with Crippen LogP contribution in [0.3, 0.4) is 0 Å². The van der Waals surface area contributed by atoms with Crippen molar-refractivity contribution in [2.24, 2.45) is 0 Å². The van der Waals surface area contributed by atoms with E-state index in [0.717, 1.165) is 5.56 Å². The van der Waals surface area contributed by atoms with Crippen molar-refractivity contribution in [1.82, 2.24) is 15.5 Å². The van der Waals surface area contributed by atoms with Gasteiger partial charge < -0.3 is 19.7 Å². The predicted molar refractivity (Wildman–Crippen MR) is 89.4 cm³/mol. The maximum Gasteiger partial charge on any atom is 0.326 e. The maximum absolute atomic E-state index is 12.3. The Balaban J connectivity index is 1.82. The second kappa shape index (κ2) is 9.60. The van der Waals surface area contributed by atoms with Gasteiger partial charge in [0.25, 0.3) is 0 Å². The van der Waals surface area contributed by atoms with E-state index < -0.39 is 30.8 Å². The van der Waals surface area contributed by atoms with Crippen LogP contribution in [-0.2, 0) is 16.0 Å². The zero-order valence-electron chi connectivity index (χ0n) is 14.5. The first kappa shape index (κ1) is 20.3. The molecule has 0 radical (unpaired) electrons. The van der Waals surface area contributed by atoms with E-state index in [2.05, 4.69) is 15.5 Å². The van der Waals surface area contributed by atoms with Crippen molar-refractivity contribution in [3.8, 4) is 17.1 Å². The molecular weight excluding hydrogens is 364 g/mol. The Bertz CT molecular complexity index is 764. The van der Waals surface area contributed by atoms with Gasteiger partial charge in [-0.25, -0.2) is 13.6 Å². The number of carbonyl (C=O) groups excluding carboxylic acids is 1. The van der Waals surface area contributed by atoms with E-state index in [1.807, 2.05) is 0 Å². The summed E-state index contributed by atoms with van der Waals surface area (Å²) in [4.78, 5) is 26.8. The summed E-state index contributed by atoms with van der Waals surface area (Å²) in [5.41, 5.74) is 0.736. The lowest BCUT2D eigenvalue weighted by atomic mass is 10.2. The first-order valence-electron chi connectivity index (χ1n) is 8.16. The van der Waals surface area contributed by atoms with Gasteiger partial charge in [0, 0.05) is 24.8 Å². The van der Waals surface area contributed by atoms with Crippen molar-refractivity contribution in [3.05, 3.63) is 30.2 Å². The minimum absolute atomic E-state index is 0.0483. The van der Waals surface area contributed by atoms with Gasteiger partial charge in [0.15, 0.2) is 0 Å². The molecule has 0 aliphatic rings. The number of carboxylic acids is 1. The number of aromatic nitrogens is 2. The molecule has 0 spiro atoms. The Labute approximate surface area is 153 Å². The van der Waals surface area contributed by atoms with Gasteiger partial charge in [0.2, 0.25) is 24.0 Å². The molecule has 1 amide bonds. The highest BCUT2D eigenvalue weighted by Gasteiger charge is 2.23. The molecule has 0 saturated heterocycles. The number of nitrogens with zero attached hydrogens (tertiary/aromatic N) is 2. The molecule has 2 rings (SSSR count). The number of methoxy groups -OCH3 is 1. The molecular formula is C17H19F2N3O5. The van der Waals surface area contributed by atoms with Crippen molar-refractivity contribution in [2.45, 2.75) is 38.2 Å². The summed E-state index contributed by atoms with van der Waals surface area (Å²) >= 11 is 0. The molecule has 1 aromatic heterocycles. The molecule has 0 aliphatic carbocycles. The van der Waals surface area contributed by atoms with E-state index in [9.17, 15) is 18.4 Å². The highest BCUT2D eigenvalue weighted by molar-refractivity contribution is 5.83. The molecule has 1 heterocycles. The van der Waals surface area contributed by atoms with Crippen LogP contribution in [0.4, 0.5) is 8.78 Å². The average molecular weight is 383 g/mol. The van der Waals surface area contributed by atoms with Gasteiger partial charge in [-0.15, -0.1) is 0 Å². The number of aryl methyl sites for hydroxylation is 1. The number of carboxylic acid groups (broad SMARTS) is 1. The number of amides is 1. The second-order valence-electron chi connectivity index (χ2n) is 5.68. The molecule has 146 valence electrons. The molecule has 10 heteroatoms. The van der Waals surface area contributed by atoms with E-state index in [4.69, 9.17) is 14.4 Å². The van der Waals surface area contributed by atoms with Crippen LogP contribution >= 0.6 is 0 Å². The number of alkyl halides is 2. The number of benzene rings is 1. The molecule has 0 aliphatic heterocycles. The standard InChI is InChI=1S/C17H19F2N3O5/c1-26-11-7-5-10(6-8-11)16-21-15(27-22-16)4-2-3-14(23)20-12(17(24)25)9-13(18)19/h5-8,12-13H,2-4,9H2,1H3,(H,20,23)(H,24,25). The predicted octanol–water partition coefficient (Wildman–Crippen LogP) is 2.29. The smallest absolute Gasteiger partial charge is 0.326 e. The van der Waals surface area contributed by atoms with Gasteiger partial charge in [0.1, 0.15) is 11.8 Å². The lowest BCUT2D eigenvalue weighted by Crippen LogP contribution is -2.41. The van der Waals surface area contributed by atoms with Gasteiger partial charge >= 0.3 is 5.97 Å². The number of ether oxygens (including phenoxy) is 1. The number of nitrogens with one attached hydrogen (secondary N) is 1. The Hall–Kier alpha value is -3.04. The third kappa shape index (κ3) is 6.32. The molecule has 27 heavy (non-hydrogen) atoms. The van der Waals surface area contributed by atoms with E-state index >= 15 is 0 Å². The van der Waals surface area contributed by atoms with Crippen molar-refractivity contribution >= 4 is 11.9 Å². The Morgan fingerprint density at radius 1 is 1.30 bits per heavy atom. The topological polar surface area (TPSA) is 115 Å². The summed E-state index contributed by atoms with van der Waals surface area (Å²) in [5.74, 6) is -0.724. The first-order valence-corrected chi connectivity index (χ1v) is 8.16. The van der Waals surface area contributed by atoms with Gasteiger partial charge in [-0.3, -0.25) is 4.79 Å². The van der Waals surface area contributed by atoms with Gasteiger partial charge in [0.05, 0.1) is 7.11 Å². The Morgan fingerprint density at radius 2 is 2.00 bits per heavy atom. The summed E-state index contributed by atoms with van der Waals surface area (Å²) in [6.07, 6.45) is -3.20. The van der Waals surface area contributed by atoms with Crippen molar-refractivity contribution in [2.75, 3.05) is 7.11 Å². The normalized spacial score (nSPS) is 12.0.